The number of carbonyl (C=O) groups excluding carboxylic acids is 3. The average molecular weight is 677 g/mol. The monoisotopic (exact) mass is 676 g/mol. The van der Waals surface area contributed by atoms with Crippen LogP contribution in [0.25, 0.3) is 0 Å². The van der Waals surface area contributed by atoms with Gasteiger partial charge in [-0.25, -0.2) is 14.4 Å². The third kappa shape index (κ3) is 27.9. The van der Waals surface area contributed by atoms with Crippen molar-refractivity contribution in [2.24, 2.45) is 0 Å². The molecule has 0 heterocycles. The summed E-state index contributed by atoms with van der Waals surface area (Å²) in [6.07, 6.45) is 4.23. The molecule has 0 aromatic carbocycles. The van der Waals surface area contributed by atoms with Crippen LogP contribution in [0.15, 0.2) is 0 Å². The van der Waals surface area contributed by atoms with Crippen LogP contribution in [-0.2, 0) is 37.9 Å². The number of likely N-dealkylation sites (N-methyl/N-ethyl adjacent to an activating group) is 2. The molecule has 0 saturated carbocycles. The Balaban J connectivity index is 4.46. The predicted molar refractivity (Wildman–Crippen MR) is 176 cm³/mol. The number of amides is 4. The lowest BCUT2D eigenvalue weighted by Crippen LogP contribution is -2.44. The van der Waals surface area contributed by atoms with Crippen molar-refractivity contribution in [3.63, 3.8) is 0 Å². The van der Waals surface area contributed by atoms with Crippen LogP contribution in [0.2, 0.25) is 0 Å². The van der Waals surface area contributed by atoms with Crippen LogP contribution in [0.4, 0.5) is 14.4 Å². The molecule has 15 nitrogen and oxygen atoms in total. The van der Waals surface area contributed by atoms with Crippen molar-refractivity contribution in [1.29, 1.82) is 0 Å². The van der Waals surface area contributed by atoms with Crippen molar-refractivity contribution in [2.45, 2.75) is 52.7 Å². The fourth-order valence-electron chi connectivity index (χ4n) is 3.27. The molecule has 0 radical (unpaired) electrons. The zero-order valence-electron chi connectivity index (χ0n) is 29.9. The van der Waals surface area contributed by atoms with Gasteiger partial charge in [0, 0.05) is 46.8 Å². The average Bonchev–Trinajstić information content (AvgIpc) is 2.97. The van der Waals surface area contributed by atoms with Gasteiger partial charge in [-0.15, -0.1) is 6.42 Å². The fraction of sp³-hybridized carbons (Fsp3) is 0.844. The first-order chi connectivity index (χ1) is 22.2. The van der Waals surface area contributed by atoms with E-state index in [0.29, 0.717) is 79.0 Å². The van der Waals surface area contributed by atoms with Gasteiger partial charge in [-0.2, -0.15) is 0 Å². The molecule has 0 aliphatic heterocycles. The summed E-state index contributed by atoms with van der Waals surface area (Å²) in [6.45, 7) is 16.6. The lowest BCUT2D eigenvalue weighted by atomic mass is 10.2. The molecule has 274 valence electrons. The minimum Gasteiger partial charge on any atom is -0.444 e. The molecule has 0 saturated heterocycles. The van der Waals surface area contributed by atoms with Gasteiger partial charge in [-0.05, 0) is 41.5 Å². The summed E-state index contributed by atoms with van der Waals surface area (Å²) in [6, 6.07) is -0.294. The van der Waals surface area contributed by atoms with Gasteiger partial charge in [0.2, 0.25) is 0 Å². The van der Waals surface area contributed by atoms with E-state index in [1.54, 1.807) is 60.5 Å². The van der Waals surface area contributed by atoms with Gasteiger partial charge in [0.05, 0.1) is 72.7 Å². The highest BCUT2D eigenvalue weighted by atomic mass is 16.6. The third-order valence-corrected chi connectivity index (χ3v) is 5.67. The predicted octanol–water partition coefficient (Wildman–Crippen LogP) is 2.46. The first-order valence-electron chi connectivity index (χ1n) is 16.0. The summed E-state index contributed by atoms with van der Waals surface area (Å²) in [4.78, 5) is 41.6. The fourth-order valence-corrected chi connectivity index (χ4v) is 3.27. The number of ether oxygens (including phenoxy) is 8. The standard InChI is InChI=1S/C32H60N4O11/c1-10-16-40-22-24-44-26-27-45-25-23-41-17-11-33-28(37)36(14-20-42-18-12-34(8)29(38)46-31(2,3)4)15-21-43-19-13-35(9)30(39)47-32(5,6)7/h1H,11-27H2,2-9H3,(H,33,37). The van der Waals surface area contributed by atoms with Crippen LogP contribution in [0.1, 0.15) is 41.5 Å². The highest BCUT2D eigenvalue weighted by molar-refractivity contribution is 5.74. The minimum atomic E-state index is -0.583. The summed E-state index contributed by atoms with van der Waals surface area (Å²) in [5, 5.41) is 2.84. The number of terminal acetylenes is 1. The summed E-state index contributed by atoms with van der Waals surface area (Å²) in [5.41, 5.74) is -1.17. The van der Waals surface area contributed by atoms with E-state index in [-0.39, 0.29) is 39.1 Å². The third-order valence-electron chi connectivity index (χ3n) is 5.67. The molecular formula is C32H60N4O11. The summed E-state index contributed by atoms with van der Waals surface area (Å²) in [7, 11) is 3.28. The first-order valence-corrected chi connectivity index (χ1v) is 16.0. The van der Waals surface area contributed by atoms with Crippen molar-refractivity contribution in [2.75, 3.05) is 126 Å². The van der Waals surface area contributed by atoms with Gasteiger partial charge in [-0.1, -0.05) is 5.92 Å². The molecule has 0 spiro atoms. The Morgan fingerprint density at radius 1 is 0.574 bits per heavy atom. The number of urea groups is 1. The Bertz CT molecular complexity index is 844. The van der Waals surface area contributed by atoms with E-state index in [9.17, 15) is 14.4 Å². The normalized spacial score (nSPS) is 11.5. The number of hydrogen-bond donors (Lipinski definition) is 1. The van der Waals surface area contributed by atoms with Crippen molar-refractivity contribution in [3.05, 3.63) is 0 Å². The number of hydrogen-bond acceptors (Lipinski definition) is 11. The largest absolute Gasteiger partial charge is 0.444 e. The van der Waals surface area contributed by atoms with E-state index >= 15 is 0 Å². The highest BCUT2D eigenvalue weighted by Crippen LogP contribution is 2.09. The Kier molecular flexibility index (Phi) is 24.5. The van der Waals surface area contributed by atoms with E-state index in [0.717, 1.165) is 0 Å². The molecule has 0 rings (SSSR count). The molecule has 0 bridgehead atoms. The molecule has 47 heavy (non-hydrogen) atoms. The second kappa shape index (κ2) is 26.1. The zero-order valence-corrected chi connectivity index (χ0v) is 29.9. The van der Waals surface area contributed by atoms with E-state index in [1.807, 2.05) is 0 Å². The Morgan fingerprint density at radius 3 is 1.34 bits per heavy atom. The first kappa shape index (κ1) is 44.1. The van der Waals surface area contributed by atoms with Crippen LogP contribution in [0, 0.1) is 12.3 Å². The molecule has 4 amide bonds. The van der Waals surface area contributed by atoms with Crippen molar-refractivity contribution in [3.8, 4) is 12.3 Å². The Morgan fingerprint density at radius 2 is 0.936 bits per heavy atom. The molecule has 0 atom stereocenters. The van der Waals surface area contributed by atoms with Crippen LogP contribution >= 0.6 is 0 Å². The van der Waals surface area contributed by atoms with Crippen molar-refractivity contribution >= 4 is 18.2 Å². The van der Waals surface area contributed by atoms with Gasteiger partial charge in [0.15, 0.2) is 0 Å². The SMILES string of the molecule is C#CCOCCOCCOCCOCCNC(=O)N(CCOCCN(C)C(=O)OC(C)(C)C)CCOCCN(C)C(=O)OC(C)(C)C. The van der Waals surface area contributed by atoms with Gasteiger partial charge in [-0.3, -0.25) is 0 Å². The lowest BCUT2D eigenvalue weighted by Gasteiger charge is -2.26. The van der Waals surface area contributed by atoms with Gasteiger partial charge >= 0.3 is 18.2 Å². The van der Waals surface area contributed by atoms with Crippen LogP contribution in [-0.4, -0.2) is 170 Å². The number of nitrogens with zero attached hydrogens (tertiary/aromatic N) is 3. The second-order valence-electron chi connectivity index (χ2n) is 12.3. The van der Waals surface area contributed by atoms with Gasteiger partial charge in [0.25, 0.3) is 0 Å². The molecule has 0 unspecified atom stereocenters. The van der Waals surface area contributed by atoms with E-state index in [1.165, 1.54) is 9.80 Å². The zero-order chi connectivity index (χ0) is 35.6. The summed E-state index contributed by atoms with van der Waals surface area (Å²) >= 11 is 0. The minimum absolute atomic E-state index is 0.256. The van der Waals surface area contributed by atoms with Crippen molar-refractivity contribution < 1.29 is 52.3 Å². The smallest absolute Gasteiger partial charge is 0.410 e. The lowest BCUT2D eigenvalue weighted by molar-refractivity contribution is 0.00175. The highest BCUT2D eigenvalue weighted by Gasteiger charge is 2.20. The summed E-state index contributed by atoms with van der Waals surface area (Å²) in [5.74, 6) is 2.39. The molecule has 0 aliphatic carbocycles. The second-order valence-corrected chi connectivity index (χ2v) is 12.3. The number of nitrogens with one attached hydrogen (secondary N) is 1. The van der Waals surface area contributed by atoms with E-state index < -0.39 is 23.4 Å². The molecule has 0 fully saturated rings. The molecule has 0 aromatic heterocycles. The number of rotatable bonds is 25. The van der Waals surface area contributed by atoms with E-state index in [4.69, 9.17) is 44.3 Å². The van der Waals surface area contributed by atoms with Crippen LogP contribution in [0.3, 0.4) is 0 Å². The van der Waals surface area contributed by atoms with E-state index in [2.05, 4.69) is 11.2 Å². The van der Waals surface area contributed by atoms with Crippen molar-refractivity contribution in [1.82, 2.24) is 20.0 Å². The van der Waals surface area contributed by atoms with Crippen LogP contribution < -0.4 is 5.32 Å². The number of carbonyl (C=O) groups is 3. The maximum absolute atomic E-state index is 12.9. The van der Waals surface area contributed by atoms with Crippen LogP contribution in [0.5, 0.6) is 0 Å². The Labute approximate surface area is 281 Å². The Hall–Kier alpha value is -2.87. The van der Waals surface area contributed by atoms with Gasteiger partial charge < -0.3 is 57.9 Å². The quantitative estimate of drug-likeness (QED) is 0.112. The summed E-state index contributed by atoms with van der Waals surface area (Å²) < 4.78 is 43.5. The molecule has 0 aromatic rings. The molecule has 15 heteroatoms. The molecular weight excluding hydrogens is 616 g/mol. The maximum Gasteiger partial charge on any atom is 0.410 e. The maximum atomic E-state index is 12.9. The molecule has 1 N–H and O–H groups in total. The van der Waals surface area contributed by atoms with Gasteiger partial charge in [0.1, 0.15) is 17.8 Å². The topological polar surface area (TPSA) is 147 Å². The molecule has 0 aliphatic rings.